The summed E-state index contributed by atoms with van der Waals surface area (Å²) in [5.74, 6) is 3.23. The number of carbonyl (C=O) groups excluding carboxylic acids is 1. The minimum absolute atomic E-state index is 0.116. The van der Waals surface area contributed by atoms with Crippen molar-refractivity contribution in [2.24, 2.45) is 23.7 Å². The lowest BCUT2D eigenvalue weighted by Gasteiger charge is -2.37. The molecule has 4 aromatic rings. The third kappa shape index (κ3) is 9.90. The van der Waals surface area contributed by atoms with Crippen molar-refractivity contribution in [3.05, 3.63) is 67.5 Å². The summed E-state index contributed by atoms with van der Waals surface area (Å²) in [5, 5.41) is 6.98. The molecule has 1 nitrogen and oxygen atoms in total. The first kappa shape index (κ1) is 45.6. The van der Waals surface area contributed by atoms with Crippen molar-refractivity contribution in [2.45, 2.75) is 195 Å². The molecular formula is C51H76OS4. The molecule has 4 heterocycles. The molecule has 0 bridgehead atoms. The minimum Gasteiger partial charge on any atom is -0.297 e. The molecule has 4 aromatic heterocycles. The highest BCUT2D eigenvalue weighted by atomic mass is 32.1. The summed E-state index contributed by atoms with van der Waals surface area (Å²) in [6.45, 7) is 18.9. The van der Waals surface area contributed by atoms with Gasteiger partial charge in [-0.15, -0.1) is 45.3 Å². The van der Waals surface area contributed by atoms with Gasteiger partial charge in [-0.05, 0) is 112 Å². The zero-order chi connectivity index (χ0) is 40.1. The molecule has 2 aliphatic rings. The van der Waals surface area contributed by atoms with E-state index in [1.54, 1.807) is 37.8 Å². The highest BCUT2D eigenvalue weighted by molar-refractivity contribution is 7.22. The van der Waals surface area contributed by atoms with Crippen molar-refractivity contribution in [3.8, 4) is 19.5 Å². The monoisotopic (exact) mass is 832 g/mol. The fourth-order valence-corrected chi connectivity index (χ4v) is 15.1. The largest absolute Gasteiger partial charge is 0.297 e. The second-order valence-electron chi connectivity index (χ2n) is 17.6. The Labute approximate surface area is 359 Å². The van der Waals surface area contributed by atoms with Crippen molar-refractivity contribution in [2.75, 3.05) is 0 Å². The molecule has 0 saturated heterocycles. The van der Waals surface area contributed by atoms with E-state index in [-0.39, 0.29) is 10.8 Å². The first-order valence-electron chi connectivity index (χ1n) is 23.2. The highest BCUT2D eigenvalue weighted by Crippen LogP contribution is 2.61. The quantitative estimate of drug-likeness (QED) is 0.0608. The van der Waals surface area contributed by atoms with E-state index in [0.29, 0.717) is 0 Å². The average molecular weight is 833 g/mol. The molecular weight excluding hydrogens is 757 g/mol. The van der Waals surface area contributed by atoms with Crippen LogP contribution < -0.4 is 0 Å². The second-order valence-corrected chi connectivity index (χ2v) is 21.5. The summed E-state index contributed by atoms with van der Waals surface area (Å²) < 4.78 is 0. The van der Waals surface area contributed by atoms with Crippen molar-refractivity contribution in [3.63, 3.8) is 0 Å². The van der Waals surface area contributed by atoms with E-state index in [1.165, 1.54) is 144 Å². The van der Waals surface area contributed by atoms with Crippen LogP contribution >= 0.6 is 45.3 Å². The third-order valence-corrected chi connectivity index (χ3v) is 18.2. The standard InChI is InChI=1S/C26H38OS2.C25H38S2/c1-5-9-11-19(7-3)16-26(17-20(8-4)12-10-6-2)22-13-14-28-24(22)25-23(26)15-21(18-27)29-25;1-5-9-11-19(7-3)17-25(18-20(8-4)12-10-6-2)21-13-15-26-23(21)24-22(25)14-16-27-24/h13-15,18-20H,5-12,16-17H2,1-4H3;13-16,19-20H,5-12,17-18H2,1-4H3. The number of hydrogen-bond donors (Lipinski definition) is 0. The smallest absolute Gasteiger partial charge is 0.160 e. The van der Waals surface area contributed by atoms with Gasteiger partial charge in [0.2, 0.25) is 0 Å². The van der Waals surface area contributed by atoms with Crippen molar-refractivity contribution in [1.82, 2.24) is 0 Å². The fraction of sp³-hybridized carbons (Fsp3) is 0.667. The Morgan fingerprint density at radius 3 is 1.11 bits per heavy atom. The maximum Gasteiger partial charge on any atom is 0.160 e. The Morgan fingerprint density at radius 1 is 0.482 bits per heavy atom. The van der Waals surface area contributed by atoms with Gasteiger partial charge < -0.3 is 0 Å². The summed E-state index contributed by atoms with van der Waals surface area (Å²) in [7, 11) is 0. The molecule has 0 aromatic carbocycles. The molecule has 6 rings (SSSR count). The van der Waals surface area contributed by atoms with Gasteiger partial charge in [0, 0.05) is 30.3 Å². The molecule has 4 atom stereocenters. The summed E-state index contributed by atoms with van der Waals surface area (Å²) in [4.78, 5) is 18.6. The number of rotatable bonds is 25. The van der Waals surface area contributed by atoms with Gasteiger partial charge >= 0.3 is 0 Å². The predicted octanol–water partition coefficient (Wildman–Crippen LogP) is 18.4. The molecule has 0 N–H and O–H groups in total. The Bertz CT molecular complexity index is 1650. The van der Waals surface area contributed by atoms with Gasteiger partial charge in [-0.25, -0.2) is 0 Å². The van der Waals surface area contributed by atoms with Crippen LogP contribution in [0.2, 0.25) is 0 Å². The van der Waals surface area contributed by atoms with Gasteiger partial charge in [-0.3, -0.25) is 4.79 Å². The molecule has 0 spiro atoms. The van der Waals surface area contributed by atoms with Crippen LogP contribution in [0.25, 0.3) is 19.5 Å². The third-order valence-electron chi connectivity index (χ3n) is 14.1. The van der Waals surface area contributed by atoms with E-state index >= 15 is 0 Å². The van der Waals surface area contributed by atoms with E-state index in [1.807, 2.05) is 34.0 Å². The zero-order valence-corrected chi connectivity index (χ0v) is 39.9. The molecule has 56 heavy (non-hydrogen) atoms. The van der Waals surface area contributed by atoms with E-state index in [9.17, 15) is 4.79 Å². The molecule has 5 heteroatoms. The summed E-state index contributed by atoms with van der Waals surface area (Å²) >= 11 is 7.55. The first-order valence-corrected chi connectivity index (χ1v) is 26.6. The lowest BCUT2D eigenvalue weighted by atomic mass is 9.66. The van der Waals surface area contributed by atoms with E-state index in [0.717, 1.165) is 34.8 Å². The van der Waals surface area contributed by atoms with E-state index in [4.69, 9.17) is 0 Å². The van der Waals surface area contributed by atoms with Gasteiger partial charge in [0.05, 0.1) is 4.88 Å². The highest BCUT2D eigenvalue weighted by Gasteiger charge is 2.48. The molecule has 0 saturated carbocycles. The Kier molecular flexibility index (Phi) is 18.0. The van der Waals surface area contributed by atoms with Gasteiger partial charge in [0.15, 0.2) is 6.29 Å². The van der Waals surface area contributed by atoms with Crippen LogP contribution in [0.4, 0.5) is 0 Å². The maximum atomic E-state index is 11.6. The lowest BCUT2D eigenvalue weighted by molar-refractivity contribution is 0.112. The van der Waals surface area contributed by atoms with E-state index in [2.05, 4.69) is 95.8 Å². The molecule has 2 aliphatic carbocycles. The van der Waals surface area contributed by atoms with Crippen molar-refractivity contribution >= 4 is 51.6 Å². The van der Waals surface area contributed by atoms with Crippen LogP contribution in [0.3, 0.4) is 0 Å². The molecule has 0 aliphatic heterocycles. The normalized spacial score (nSPS) is 18.4. The molecule has 0 amide bonds. The van der Waals surface area contributed by atoms with Crippen LogP contribution in [0.5, 0.6) is 0 Å². The Hall–Kier alpha value is -1.53. The molecule has 4 unspecified atom stereocenters. The van der Waals surface area contributed by atoms with Gasteiger partial charge in [0.1, 0.15) is 0 Å². The minimum atomic E-state index is 0.116. The summed E-state index contributed by atoms with van der Waals surface area (Å²) in [6.07, 6.45) is 27.5. The van der Waals surface area contributed by atoms with Crippen LogP contribution in [-0.2, 0) is 10.8 Å². The number of hydrogen-bond acceptors (Lipinski definition) is 5. The first-order chi connectivity index (χ1) is 27.3. The number of carbonyl (C=O) groups is 1. The second kappa shape index (κ2) is 22.2. The van der Waals surface area contributed by atoms with Crippen LogP contribution in [0.15, 0.2) is 40.4 Å². The SMILES string of the molecule is CCCCC(CC)CC1(CC(CC)CCCC)c2ccsc2-c2sc(C=O)cc21.CCCCC(CC)CC1(CC(CC)CCCC)c2ccsc2-c2sccc21. The molecule has 310 valence electrons. The number of fused-ring (bicyclic) bond motifs is 6. The van der Waals surface area contributed by atoms with Crippen LogP contribution in [0.1, 0.15) is 216 Å². The summed E-state index contributed by atoms with van der Waals surface area (Å²) in [5.41, 5.74) is 6.82. The average Bonchev–Trinajstić information content (AvgIpc) is 4.08. The topological polar surface area (TPSA) is 17.1 Å². The fourth-order valence-electron chi connectivity index (χ4n) is 10.7. The lowest BCUT2D eigenvalue weighted by Crippen LogP contribution is -2.31. The van der Waals surface area contributed by atoms with Gasteiger partial charge in [-0.2, -0.15) is 0 Å². The van der Waals surface area contributed by atoms with Gasteiger partial charge in [0.25, 0.3) is 0 Å². The Balaban J connectivity index is 0.000000215. The zero-order valence-electron chi connectivity index (χ0n) is 36.6. The number of aldehydes is 1. The van der Waals surface area contributed by atoms with Gasteiger partial charge in [-0.1, -0.05) is 158 Å². The number of unbranched alkanes of at least 4 members (excludes halogenated alkanes) is 4. The predicted molar refractivity (Wildman–Crippen MR) is 254 cm³/mol. The van der Waals surface area contributed by atoms with Crippen LogP contribution in [-0.4, -0.2) is 6.29 Å². The summed E-state index contributed by atoms with van der Waals surface area (Å²) in [6, 6.07) is 9.61. The molecule has 0 radical (unpaired) electrons. The van der Waals surface area contributed by atoms with Crippen LogP contribution in [0, 0.1) is 23.7 Å². The molecule has 0 fully saturated rings. The van der Waals surface area contributed by atoms with Crippen molar-refractivity contribution < 1.29 is 4.79 Å². The number of thiophene rings is 4. The van der Waals surface area contributed by atoms with Crippen molar-refractivity contribution in [1.29, 1.82) is 0 Å². The maximum absolute atomic E-state index is 11.6. The van der Waals surface area contributed by atoms with E-state index < -0.39 is 0 Å². The Morgan fingerprint density at radius 2 is 0.804 bits per heavy atom.